The number of nitro groups is 1. The molecule has 0 bridgehead atoms. The summed E-state index contributed by atoms with van der Waals surface area (Å²) in [6.07, 6.45) is 0. The predicted molar refractivity (Wildman–Crippen MR) is 69.2 cm³/mol. The smallest absolute Gasteiger partial charge is 0.310 e. The molecule has 0 aliphatic rings. The Bertz CT molecular complexity index is 611. The highest BCUT2D eigenvalue weighted by atomic mass is 16.6. The van der Waals surface area contributed by atoms with Crippen molar-refractivity contribution >= 4 is 5.69 Å². The summed E-state index contributed by atoms with van der Waals surface area (Å²) in [6.45, 7) is 2.24. The van der Waals surface area contributed by atoms with Gasteiger partial charge in [-0.25, -0.2) is 0 Å². The minimum Gasteiger partial charge on any atom is -0.477 e. The second-order valence-electron chi connectivity index (χ2n) is 4.09. The number of aryl methyl sites for hydroxylation is 1. The van der Waals surface area contributed by atoms with E-state index in [4.69, 9.17) is 9.15 Å². The van der Waals surface area contributed by atoms with Gasteiger partial charge in [-0.05, 0) is 18.7 Å². The Labute approximate surface area is 114 Å². The van der Waals surface area contributed by atoms with E-state index in [9.17, 15) is 10.1 Å². The zero-order valence-electron chi connectivity index (χ0n) is 11.1. The first-order valence-electron chi connectivity index (χ1n) is 5.94. The lowest BCUT2D eigenvalue weighted by atomic mass is 10.2. The van der Waals surface area contributed by atoms with Crippen LogP contribution in [0.4, 0.5) is 5.69 Å². The molecule has 1 aromatic heterocycles. The van der Waals surface area contributed by atoms with E-state index in [-0.39, 0.29) is 23.9 Å². The molecule has 1 aromatic carbocycles. The summed E-state index contributed by atoms with van der Waals surface area (Å²) in [5.74, 6) is 0.872. The molecule has 0 atom stereocenters. The lowest BCUT2D eigenvalue weighted by molar-refractivity contribution is -0.386. The first-order valence-corrected chi connectivity index (χ1v) is 5.94. The van der Waals surface area contributed by atoms with Gasteiger partial charge in [0.15, 0.2) is 12.4 Å². The van der Waals surface area contributed by atoms with E-state index in [0.29, 0.717) is 12.4 Å². The minimum absolute atomic E-state index is 0.00924. The van der Waals surface area contributed by atoms with Gasteiger partial charge in [-0.15, -0.1) is 10.2 Å². The van der Waals surface area contributed by atoms with Gasteiger partial charge in [-0.1, -0.05) is 6.07 Å². The second kappa shape index (κ2) is 6.11. The fourth-order valence-electron chi connectivity index (χ4n) is 1.67. The fourth-order valence-corrected chi connectivity index (χ4v) is 1.67. The molecular weight excluding hydrogens is 264 g/mol. The molecule has 1 N–H and O–H groups in total. The molecule has 1 heterocycles. The molecule has 2 rings (SSSR count). The van der Waals surface area contributed by atoms with Crippen LogP contribution < -0.4 is 10.1 Å². The number of benzene rings is 1. The van der Waals surface area contributed by atoms with E-state index >= 15 is 0 Å². The van der Waals surface area contributed by atoms with Gasteiger partial charge in [0.1, 0.15) is 0 Å². The highest BCUT2D eigenvalue weighted by molar-refractivity contribution is 5.48. The number of aromatic nitrogens is 2. The Kier molecular flexibility index (Phi) is 4.26. The summed E-state index contributed by atoms with van der Waals surface area (Å²) >= 11 is 0. The molecule has 0 unspecified atom stereocenters. The normalized spacial score (nSPS) is 10.5. The van der Waals surface area contributed by atoms with Crippen molar-refractivity contribution in [1.82, 2.24) is 15.5 Å². The van der Waals surface area contributed by atoms with E-state index in [1.165, 1.54) is 6.07 Å². The second-order valence-corrected chi connectivity index (χ2v) is 4.09. The lowest BCUT2D eigenvalue weighted by Gasteiger charge is -2.07. The molecule has 20 heavy (non-hydrogen) atoms. The number of ether oxygens (including phenoxy) is 1. The predicted octanol–water partition coefficient (Wildman–Crippen LogP) is 1.58. The van der Waals surface area contributed by atoms with Crippen LogP contribution in [-0.4, -0.2) is 22.2 Å². The number of hydrogen-bond donors (Lipinski definition) is 1. The molecule has 0 saturated heterocycles. The van der Waals surface area contributed by atoms with E-state index in [0.717, 1.165) is 5.56 Å². The molecule has 8 heteroatoms. The highest BCUT2D eigenvalue weighted by Gasteiger charge is 2.16. The van der Waals surface area contributed by atoms with Gasteiger partial charge in [-0.2, -0.15) is 0 Å². The summed E-state index contributed by atoms with van der Waals surface area (Å²) < 4.78 is 10.6. The summed E-state index contributed by atoms with van der Waals surface area (Å²) in [7, 11) is 1.79. The molecule has 0 fully saturated rings. The Morgan fingerprint density at radius 3 is 2.85 bits per heavy atom. The molecule has 8 nitrogen and oxygen atoms in total. The number of nitro benzene ring substituents is 1. The number of nitrogens with one attached hydrogen (secondary N) is 1. The highest BCUT2D eigenvalue weighted by Crippen LogP contribution is 2.28. The average Bonchev–Trinajstić information content (AvgIpc) is 2.82. The van der Waals surface area contributed by atoms with Crippen LogP contribution in [-0.2, 0) is 13.2 Å². The van der Waals surface area contributed by atoms with Crippen LogP contribution in [0.5, 0.6) is 5.75 Å². The molecule has 2 aromatic rings. The van der Waals surface area contributed by atoms with Crippen LogP contribution in [0.2, 0.25) is 0 Å². The van der Waals surface area contributed by atoms with Crippen LogP contribution in [0.15, 0.2) is 22.6 Å². The van der Waals surface area contributed by atoms with Crippen LogP contribution in [0, 0.1) is 17.0 Å². The molecule has 0 amide bonds. The first-order chi connectivity index (χ1) is 9.60. The molecule has 0 radical (unpaired) electrons. The van der Waals surface area contributed by atoms with E-state index < -0.39 is 4.92 Å². The molecule has 0 aliphatic heterocycles. The van der Waals surface area contributed by atoms with Crippen LogP contribution in [0.25, 0.3) is 0 Å². The fraction of sp³-hybridized carbons (Fsp3) is 0.333. The molecule has 0 saturated carbocycles. The summed E-state index contributed by atoms with van der Waals surface area (Å²) in [6, 6.07) is 4.72. The maximum atomic E-state index is 11.0. The van der Waals surface area contributed by atoms with Crippen LogP contribution >= 0.6 is 0 Å². The van der Waals surface area contributed by atoms with E-state index in [1.54, 1.807) is 26.1 Å². The number of rotatable bonds is 6. The van der Waals surface area contributed by atoms with Crippen molar-refractivity contribution in [3.63, 3.8) is 0 Å². The Morgan fingerprint density at radius 1 is 1.45 bits per heavy atom. The van der Waals surface area contributed by atoms with Crippen molar-refractivity contribution in [2.75, 3.05) is 7.05 Å². The third-order valence-electron chi connectivity index (χ3n) is 2.52. The van der Waals surface area contributed by atoms with Gasteiger partial charge in [0, 0.05) is 19.5 Å². The molecule has 0 aliphatic carbocycles. The van der Waals surface area contributed by atoms with Crippen molar-refractivity contribution in [3.8, 4) is 5.75 Å². The van der Waals surface area contributed by atoms with Crippen molar-refractivity contribution in [2.24, 2.45) is 0 Å². The quantitative estimate of drug-likeness (QED) is 0.632. The van der Waals surface area contributed by atoms with Gasteiger partial charge in [0.05, 0.1) is 4.92 Å². The maximum absolute atomic E-state index is 11.0. The van der Waals surface area contributed by atoms with Crippen LogP contribution in [0.3, 0.4) is 0 Å². The van der Waals surface area contributed by atoms with Gasteiger partial charge in [0.25, 0.3) is 5.89 Å². The maximum Gasteiger partial charge on any atom is 0.310 e. The van der Waals surface area contributed by atoms with Crippen molar-refractivity contribution in [3.05, 3.63) is 45.7 Å². The van der Waals surface area contributed by atoms with Crippen molar-refractivity contribution in [1.29, 1.82) is 0 Å². The third kappa shape index (κ3) is 3.29. The summed E-state index contributed by atoms with van der Waals surface area (Å²) in [5.41, 5.74) is 0.788. The Morgan fingerprint density at radius 2 is 2.25 bits per heavy atom. The number of hydrogen-bond acceptors (Lipinski definition) is 7. The SMILES string of the molecule is CNCc1ccc([N+](=O)[O-])c(OCc2nnc(C)o2)c1. The zero-order valence-corrected chi connectivity index (χ0v) is 11.1. The molecule has 0 spiro atoms. The van der Waals surface area contributed by atoms with Crippen LogP contribution in [0.1, 0.15) is 17.3 Å². The topological polar surface area (TPSA) is 103 Å². The molecular formula is C12H14N4O4. The summed E-state index contributed by atoms with van der Waals surface area (Å²) in [4.78, 5) is 10.5. The van der Waals surface area contributed by atoms with Gasteiger partial charge in [-0.3, -0.25) is 10.1 Å². The standard InChI is InChI=1S/C12H14N4O4/c1-8-14-15-12(20-8)7-19-11-5-9(6-13-2)3-4-10(11)16(17)18/h3-5,13H,6-7H2,1-2H3. The lowest BCUT2D eigenvalue weighted by Crippen LogP contribution is -2.06. The minimum atomic E-state index is -0.489. The molecule has 106 valence electrons. The monoisotopic (exact) mass is 278 g/mol. The van der Waals surface area contributed by atoms with Gasteiger partial charge >= 0.3 is 5.69 Å². The largest absolute Gasteiger partial charge is 0.477 e. The van der Waals surface area contributed by atoms with Crippen molar-refractivity contribution in [2.45, 2.75) is 20.1 Å². The Hall–Kier alpha value is -2.48. The van der Waals surface area contributed by atoms with E-state index in [2.05, 4.69) is 15.5 Å². The van der Waals surface area contributed by atoms with E-state index in [1.807, 2.05) is 0 Å². The summed E-state index contributed by atoms with van der Waals surface area (Å²) in [5, 5.41) is 21.4. The van der Waals surface area contributed by atoms with Gasteiger partial charge < -0.3 is 14.5 Å². The van der Waals surface area contributed by atoms with Crippen molar-refractivity contribution < 1.29 is 14.1 Å². The average molecular weight is 278 g/mol. The van der Waals surface area contributed by atoms with Gasteiger partial charge in [0.2, 0.25) is 5.89 Å². The first kappa shape index (κ1) is 13.9. The zero-order chi connectivity index (χ0) is 14.5. The number of nitrogens with zero attached hydrogens (tertiary/aromatic N) is 3. The Balaban J connectivity index is 2.18. The third-order valence-corrected chi connectivity index (χ3v) is 2.52.